The lowest BCUT2D eigenvalue weighted by Crippen LogP contribution is -2.39. The van der Waals surface area contributed by atoms with Crippen molar-refractivity contribution in [2.24, 2.45) is 29.5 Å². The van der Waals surface area contributed by atoms with Crippen molar-refractivity contribution in [1.29, 1.82) is 0 Å². The summed E-state index contributed by atoms with van der Waals surface area (Å²) in [6.45, 7) is 12.2. The standard InChI is InChI=1S/C13H25N3O3.C13H23NO4/c1-13(2,3)19-12(18)15-8-9-4-6-10(7-5-9)11(17)16-14;1-13(2,3)18-12(17)14-8-9-4-6-10(7-5-9)11(15)16/h9-10H,4-8,14H2,1-3H3,(H,15,18)(H,16,17);9-10H,4-8H2,1-3H3,(H,14,17)(H,15,16). The number of ether oxygens (including phenoxy) is 2. The summed E-state index contributed by atoms with van der Waals surface area (Å²) in [4.78, 5) is 45.1. The number of carbonyl (C=O) groups excluding carboxylic acids is 3. The van der Waals surface area contributed by atoms with Gasteiger partial charge in [-0.1, -0.05) is 0 Å². The maximum atomic E-state index is 11.5. The SMILES string of the molecule is CC(C)(C)OC(=O)NCC1CCC(C(=O)NN)CC1.CC(C)(C)OC(=O)NCC1CCC(C(=O)O)CC1. The van der Waals surface area contributed by atoms with Crippen LogP contribution < -0.4 is 21.9 Å². The predicted octanol–water partition coefficient (Wildman–Crippen LogP) is 3.71. The lowest BCUT2D eigenvalue weighted by Gasteiger charge is -2.28. The summed E-state index contributed by atoms with van der Waals surface area (Å²) in [5, 5.41) is 14.4. The summed E-state index contributed by atoms with van der Waals surface area (Å²) in [6.07, 6.45) is 5.83. The van der Waals surface area contributed by atoms with Gasteiger partial charge in [0.1, 0.15) is 11.2 Å². The van der Waals surface area contributed by atoms with E-state index in [2.05, 4.69) is 16.1 Å². The first-order valence-electron chi connectivity index (χ1n) is 13.3. The van der Waals surface area contributed by atoms with Gasteiger partial charge in [0.05, 0.1) is 5.92 Å². The molecular weight excluding hydrogens is 480 g/mol. The Morgan fingerprint density at radius 3 is 1.35 bits per heavy atom. The molecule has 37 heavy (non-hydrogen) atoms. The molecule has 2 saturated carbocycles. The van der Waals surface area contributed by atoms with Gasteiger partial charge in [0.15, 0.2) is 0 Å². The Morgan fingerprint density at radius 1 is 0.703 bits per heavy atom. The smallest absolute Gasteiger partial charge is 0.407 e. The average molecular weight is 529 g/mol. The first kappa shape index (κ1) is 32.5. The van der Waals surface area contributed by atoms with Crippen LogP contribution in [0.2, 0.25) is 0 Å². The van der Waals surface area contributed by atoms with Gasteiger partial charge in [0.25, 0.3) is 0 Å². The van der Waals surface area contributed by atoms with E-state index in [0.717, 1.165) is 38.5 Å². The normalized spacial score (nSPS) is 24.0. The number of carbonyl (C=O) groups is 4. The molecule has 0 aromatic heterocycles. The van der Waals surface area contributed by atoms with E-state index in [0.29, 0.717) is 37.8 Å². The first-order valence-corrected chi connectivity index (χ1v) is 13.3. The van der Waals surface area contributed by atoms with Crippen molar-refractivity contribution >= 4 is 24.1 Å². The fraction of sp³-hybridized carbons (Fsp3) is 0.846. The van der Waals surface area contributed by atoms with E-state index in [1.54, 1.807) is 0 Å². The Morgan fingerprint density at radius 2 is 1.05 bits per heavy atom. The van der Waals surface area contributed by atoms with Crippen LogP contribution in [0.1, 0.15) is 92.9 Å². The number of hydrogen-bond donors (Lipinski definition) is 5. The molecule has 0 aliphatic heterocycles. The Hall–Kier alpha value is -2.56. The predicted molar refractivity (Wildman–Crippen MR) is 139 cm³/mol. The molecule has 0 aromatic rings. The fourth-order valence-electron chi connectivity index (χ4n) is 4.44. The third kappa shape index (κ3) is 14.7. The number of nitrogens with one attached hydrogen (secondary N) is 3. The van der Waals surface area contributed by atoms with Gasteiger partial charge in [-0.3, -0.25) is 15.0 Å². The molecule has 11 heteroatoms. The zero-order valence-corrected chi connectivity index (χ0v) is 23.4. The number of aliphatic carboxylic acids is 1. The third-order valence-electron chi connectivity index (χ3n) is 6.42. The number of hydrazine groups is 1. The molecule has 0 radical (unpaired) electrons. The van der Waals surface area contributed by atoms with Gasteiger partial charge in [-0.25, -0.2) is 15.4 Å². The lowest BCUT2D eigenvalue weighted by atomic mass is 9.81. The molecule has 0 saturated heterocycles. The summed E-state index contributed by atoms with van der Waals surface area (Å²) in [6, 6.07) is 0. The number of rotatable bonds is 6. The van der Waals surface area contributed by atoms with Crippen LogP contribution in [0, 0.1) is 23.7 Å². The number of carboxylic acid groups (broad SMARTS) is 1. The second kappa shape index (κ2) is 15.0. The maximum Gasteiger partial charge on any atom is 0.407 e. The second-order valence-electron chi connectivity index (χ2n) is 12.0. The third-order valence-corrected chi connectivity index (χ3v) is 6.42. The molecule has 2 rings (SSSR count). The minimum Gasteiger partial charge on any atom is -0.481 e. The summed E-state index contributed by atoms with van der Waals surface area (Å²) < 4.78 is 10.3. The number of carboxylic acids is 1. The second-order valence-corrected chi connectivity index (χ2v) is 12.0. The van der Waals surface area contributed by atoms with Crippen LogP contribution in [0.15, 0.2) is 0 Å². The van der Waals surface area contributed by atoms with Crippen molar-refractivity contribution in [2.45, 2.75) is 104 Å². The Balaban J connectivity index is 0.000000371. The van der Waals surface area contributed by atoms with Crippen molar-refractivity contribution in [2.75, 3.05) is 13.1 Å². The largest absolute Gasteiger partial charge is 0.481 e. The monoisotopic (exact) mass is 528 g/mol. The molecule has 0 aromatic carbocycles. The van der Waals surface area contributed by atoms with E-state index >= 15 is 0 Å². The van der Waals surface area contributed by atoms with E-state index in [1.807, 2.05) is 41.5 Å². The van der Waals surface area contributed by atoms with Crippen LogP contribution in [0.5, 0.6) is 0 Å². The van der Waals surface area contributed by atoms with Gasteiger partial charge >= 0.3 is 18.2 Å². The van der Waals surface area contributed by atoms with E-state index in [9.17, 15) is 19.2 Å². The summed E-state index contributed by atoms with van der Waals surface area (Å²) in [5.41, 5.74) is 1.24. The fourth-order valence-corrected chi connectivity index (χ4v) is 4.44. The molecule has 3 amide bonds. The summed E-state index contributed by atoms with van der Waals surface area (Å²) in [5.74, 6) is 4.93. The molecule has 0 unspecified atom stereocenters. The van der Waals surface area contributed by atoms with Gasteiger partial charge in [-0.05, 0) is 105 Å². The van der Waals surface area contributed by atoms with Gasteiger partial charge in [-0.15, -0.1) is 0 Å². The van der Waals surface area contributed by atoms with Gasteiger partial charge < -0.3 is 25.2 Å². The Labute approximate surface area is 220 Å². The van der Waals surface area contributed by atoms with Gasteiger partial charge in [0.2, 0.25) is 5.91 Å². The highest BCUT2D eigenvalue weighted by Crippen LogP contribution is 2.29. The number of hydrogen-bond acceptors (Lipinski definition) is 7. The van der Waals surface area contributed by atoms with Crippen molar-refractivity contribution in [1.82, 2.24) is 16.1 Å². The molecule has 2 aliphatic rings. The van der Waals surface area contributed by atoms with E-state index < -0.39 is 23.3 Å². The molecule has 11 nitrogen and oxygen atoms in total. The van der Waals surface area contributed by atoms with Crippen LogP contribution in [-0.4, -0.2) is 53.5 Å². The van der Waals surface area contributed by atoms with Gasteiger partial charge in [-0.2, -0.15) is 0 Å². The van der Waals surface area contributed by atoms with E-state index in [1.165, 1.54) is 0 Å². The zero-order chi connectivity index (χ0) is 28.2. The zero-order valence-electron chi connectivity index (χ0n) is 23.4. The van der Waals surface area contributed by atoms with Crippen molar-refractivity contribution in [3.8, 4) is 0 Å². The summed E-state index contributed by atoms with van der Waals surface area (Å²) in [7, 11) is 0. The minimum absolute atomic E-state index is 0.0165. The molecule has 214 valence electrons. The van der Waals surface area contributed by atoms with Crippen LogP contribution in [0.4, 0.5) is 9.59 Å². The minimum atomic E-state index is -0.700. The van der Waals surface area contributed by atoms with E-state index in [-0.39, 0.29) is 23.8 Å². The summed E-state index contributed by atoms with van der Waals surface area (Å²) >= 11 is 0. The quantitative estimate of drug-likeness (QED) is 0.197. The lowest BCUT2D eigenvalue weighted by molar-refractivity contribution is -0.143. The van der Waals surface area contributed by atoms with Crippen LogP contribution in [0.3, 0.4) is 0 Å². The Bertz CT molecular complexity index is 745. The first-order chi connectivity index (χ1) is 17.1. The molecule has 6 N–H and O–H groups in total. The highest BCUT2D eigenvalue weighted by molar-refractivity contribution is 5.78. The topological polar surface area (TPSA) is 169 Å². The molecule has 2 aliphatic carbocycles. The van der Waals surface area contributed by atoms with Crippen LogP contribution >= 0.6 is 0 Å². The highest BCUT2D eigenvalue weighted by Gasteiger charge is 2.27. The van der Waals surface area contributed by atoms with Gasteiger partial charge in [0, 0.05) is 19.0 Å². The van der Waals surface area contributed by atoms with Crippen LogP contribution in [0.25, 0.3) is 0 Å². The van der Waals surface area contributed by atoms with Crippen molar-refractivity contribution in [3.05, 3.63) is 0 Å². The highest BCUT2D eigenvalue weighted by atomic mass is 16.6. The molecule has 0 heterocycles. The Kier molecular flexibility index (Phi) is 13.2. The maximum absolute atomic E-state index is 11.5. The van der Waals surface area contributed by atoms with Crippen molar-refractivity contribution < 1.29 is 33.8 Å². The average Bonchev–Trinajstić information content (AvgIpc) is 2.80. The number of alkyl carbamates (subject to hydrolysis) is 2. The van der Waals surface area contributed by atoms with E-state index in [4.69, 9.17) is 20.4 Å². The molecule has 0 atom stereocenters. The molecule has 0 bridgehead atoms. The molecule has 2 fully saturated rings. The number of nitrogens with two attached hydrogens (primary N) is 1. The number of amides is 3. The van der Waals surface area contributed by atoms with Crippen LogP contribution in [-0.2, 0) is 19.1 Å². The van der Waals surface area contributed by atoms with Crippen molar-refractivity contribution in [3.63, 3.8) is 0 Å². The molecular formula is C26H48N4O7. The molecule has 0 spiro atoms.